The summed E-state index contributed by atoms with van der Waals surface area (Å²) >= 11 is 6.15. The second-order valence-corrected chi connectivity index (χ2v) is 4.58. The first-order chi connectivity index (χ1) is 6.57. The molecule has 2 aliphatic rings. The number of fused-ring (bicyclic) bond motifs is 1. The van der Waals surface area contributed by atoms with E-state index in [2.05, 4.69) is 4.74 Å². The molecule has 2 saturated heterocycles. The van der Waals surface area contributed by atoms with Crippen LogP contribution in [0.15, 0.2) is 0 Å². The number of esters is 1. The Bertz CT molecular complexity index is 294. The minimum Gasteiger partial charge on any atom is -0.468 e. The summed E-state index contributed by atoms with van der Waals surface area (Å²) < 4.78 is 4.65. The van der Waals surface area contributed by atoms with Gasteiger partial charge in [0.15, 0.2) is 0 Å². The van der Waals surface area contributed by atoms with Crippen LogP contribution in [0, 0.1) is 0 Å². The van der Waals surface area contributed by atoms with Gasteiger partial charge in [-0.3, -0.25) is 9.59 Å². The summed E-state index contributed by atoms with van der Waals surface area (Å²) in [6.45, 7) is 0.572. The molecule has 2 atom stereocenters. The summed E-state index contributed by atoms with van der Waals surface area (Å²) in [5.41, 5.74) is 0. The van der Waals surface area contributed by atoms with Gasteiger partial charge in [0.05, 0.1) is 7.11 Å². The number of hydrogen-bond acceptors (Lipinski definition) is 3. The highest BCUT2D eigenvalue weighted by Crippen LogP contribution is 2.39. The lowest BCUT2D eigenvalue weighted by Crippen LogP contribution is -2.61. The number of alkyl halides is 1. The van der Waals surface area contributed by atoms with Crippen molar-refractivity contribution in [3.05, 3.63) is 0 Å². The predicted octanol–water partition coefficient (Wildman–Crippen LogP) is 0.532. The van der Waals surface area contributed by atoms with Crippen molar-refractivity contribution in [1.82, 2.24) is 4.90 Å². The minimum absolute atomic E-state index is 0.146. The van der Waals surface area contributed by atoms with Gasteiger partial charge in [-0.25, -0.2) is 0 Å². The molecule has 78 valence electrons. The third kappa shape index (κ3) is 1.29. The Hall–Kier alpha value is -0.770. The zero-order chi connectivity index (χ0) is 10.3. The van der Waals surface area contributed by atoms with Crippen LogP contribution in [0.2, 0.25) is 0 Å². The molecule has 2 rings (SSSR count). The van der Waals surface area contributed by atoms with Gasteiger partial charge in [-0.2, -0.15) is 0 Å². The van der Waals surface area contributed by atoms with E-state index in [0.717, 1.165) is 0 Å². The number of hydrogen-bond donors (Lipinski definition) is 0. The molecule has 0 aromatic rings. The highest BCUT2D eigenvalue weighted by molar-refractivity contribution is 6.34. The van der Waals surface area contributed by atoms with E-state index in [1.807, 2.05) is 0 Å². The van der Waals surface area contributed by atoms with Gasteiger partial charge in [0.2, 0.25) is 5.91 Å². The normalized spacial score (nSPS) is 36.0. The largest absolute Gasteiger partial charge is 0.468 e. The molecule has 0 bridgehead atoms. The van der Waals surface area contributed by atoms with Crippen molar-refractivity contribution in [2.75, 3.05) is 13.7 Å². The number of carbonyl (C=O) groups is 2. The molecule has 0 aromatic carbocycles. The number of ether oxygens (including phenoxy) is 1. The van der Waals surface area contributed by atoms with Crippen LogP contribution in [0.4, 0.5) is 0 Å². The number of piperidine rings is 1. The molecular weight excluding hydrogens is 206 g/mol. The van der Waals surface area contributed by atoms with Gasteiger partial charge >= 0.3 is 5.97 Å². The summed E-state index contributed by atoms with van der Waals surface area (Å²) in [5.74, 6) is -0.211. The second kappa shape index (κ2) is 3.12. The van der Waals surface area contributed by atoms with E-state index in [4.69, 9.17) is 11.6 Å². The summed E-state index contributed by atoms with van der Waals surface area (Å²) in [6, 6.07) is 0.146. The lowest BCUT2D eigenvalue weighted by atomic mass is 9.83. The highest BCUT2D eigenvalue weighted by Gasteiger charge is 2.50. The Morgan fingerprint density at radius 2 is 2.43 bits per heavy atom. The van der Waals surface area contributed by atoms with Gasteiger partial charge in [0.25, 0.3) is 0 Å². The summed E-state index contributed by atoms with van der Waals surface area (Å²) in [5, 5.41) is 0. The smallest absolute Gasteiger partial charge is 0.327 e. The number of methoxy groups -OCH3 is 1. The third-order valence-electron chi connectivity index (χ3n) is 3.03. The van der Waals surface area contributed by atoms with E-state index >= 15 is 0 Å². The number of carbonyl (C=O) groups excluding carboxylic acids is 2. The van der Waals surface area contributed by atoms with Crippen LogP contribution in [0.1, 0.15) is 19.3 Å². The quantitative estimate of drug-likeness (QED) is 0.366. The fourth-order valence-corrected chi connectivity index (χ4v) is 2.49. The van der Waals surface area contributed by atoms with E-state index in [0.29, 0.717) is 25.8 Å². The van der Waals surface area contributed by atoms with E-state index in [1.165, 1.54) is 7.11 Å². The summed E-state index contributed by atoms with van der Waals surface area (Å²) in [7, 11) is 1.34. The minimum atomic E-state index is -0.906. The molecule has 2 fully saturated rings. The molecule has 2 heterocycles. The molecule has 0 radical (unpaired) electrons. The van der Waals surface area contributed by atoms with Crippen molar-refractivity contribution in [3.63, 3.8) is 0 Å². The monoisotopic (exact) mass is 217 g/mol. The average molecular weight is 218 g/mol. The molecule has 0 spiro atoms. The topological polar surface area (TPSA) is 46.6 Å². The summed E-state index contributed by atoms with van der Waals surface area (Å²) in [6.07, 6.45) is 1.53. The Morgan fingerprint density at radius 1 is 1.71 bits per heavy atom. The molecule has 2 aliphatic heterocycles. The van der Waals surface area contributed by atoms with E-state index < -0.39 is 4.87 Å². The SMILES string of the molecule is COC(=O)C1(Cl)CCN2C(=O)CC2C1. The fraction of sp³-hybridized carbons (Fsp3) is 0.778. The number of nitrogens with zero attached hydrogens (tertiary/aromatic N) is 1. The molecule has 1 amide bonds. The van der Waals surface area contributed by atoms with Crippen LogP contribution in [-0.4, -0.2) is 41.3 Å². The molecule has 0 aromatic heterocycles. The van der Waals surface area contributed by atoms with Crippen molar-refractivity contribution in [3.8, 4) is 0 Å². The Morgan fingerprint density at radius 3 is 2.93 bits per heavy atom. The predicted molar refractivity (Wildman–Crippen MR) is 50.0 cm³/mol. The van der Waals surface area contributed by atoms with Gasteiger partial charge < -0.3 is 9.64 Å². The first-order valence-corrected chi connectivity index (χ1v) is 5.01. The highest BCUT2D eigenvalue weighted by atomic mass is 35.5. The Labute approximate surface area is 87.1 Å². The molecule has 14 heavy (non-hydrogen) atoms. The maximum atomic E-state index is 11.4. The van der Waals surface area contributed by atoms with Crippen molar-refractivity contribution in [1.29, 1.82) is 0 Å². The van der Waals surface area contributed by atoms with E-state index in [9.17, 15) is 9.59 Å². The standard InChI is InChI=1S/C9H12ClNO3/c1-14-8(13)9(10)2-3-11-6(5-9)4-7(11)12/h6H,2-5H2,1H3. The van der Waals surface area contributed by atoms with E-state index in [-0.39, 0.29) is 17.9 Å². The maximum Gasteiger partial charge on any atom is 0.327 e. The van der Waals surface area contributed by atoms with Gasteiger partial charge in [-0.05, 0) is 12.8 Å². The van der Waals surface area contributed by atoms with Crippen LogP contribution in [-0.2, 0) is 14.3 Å². The van der Waals surface area contributed by atoms with Crippen LogP contribution in [0.5, 0.6) is 0 Å². The van der Waals surface area contributed by atoms with Crippen LogP contribution in [0.25, 0.3) is 0 Å². The van der Waals surface area contributed by atoms with Crippen molar-refractivity contribution in [2.45, 2.75) is 30.2 Å². The van der Waals surface area contributed by atoms with Crippen molar-refractivity contribution in [2.24, 2.45) is 0 Å². The summed E-state index contributed by atoms with van der Waals surface area (Å²) in [4.78, 5) is 23.3. The average Bonchev–Trinajstić information content (AvgIpc) is 2.15. The molecule has 0 aliphatic carbocycles. The fourth-order valence-electron chi connectivity index (χ4n) is 2.15. The van der Waals surface area contributed by atoms with E-state index in [1.54, 1.807) is 4.90 Å². The van der Waals surface area contributed by atoms with Gasteiger partial charge in [0, 0.05) is 19.0 Å². The van der Waals surface area contributed by atoms with Crippen LogP contribution < -0.4 is 0 Å². The zero-order valence-corrected chi connectivity index (χ0v) is 8.71. The Balaban J connectivity index is 2.05. The second-order valence-electron chi connectivity index (χ2n) is 3.86. The third-order valence-corrected chi connectivity index (χ3v) is 3.53. The molecular formula is C9H12ClNO3. The Kier molecular flexibility index (Phi) is 2.18. The molecule has 4 nitrogen and oxygen atoms in total. The number of amides is 1. The van der Waals surface area contributed by atoms with Crippen LogP contribution >= 0.6 is 11.6 Å². The lowest BCUT2D eigenvalue weighted by molar-refractivity contribution is -0.156. The van der Waals surface area contributed by atoms with Gasteiger partial charge in [-0.1, -0.05) is 0 Å². The molecule has 2 unspecified atom stereocenters. The van der Waals surface area contributed by atoms with Crippen LogP contribution in [0.3, 0.4) is 0 Å². The zero-order valence-electron chi connectivity index (χ0n) is 7.96. The number of β-lactam (4-membered cyclic amide) rings is 1. The number of halogens is 1. The molecule has 5 heteroatoms. The van der Waals surface area contributed by atoms with Crippen molar-refractivity contribution >= 4 is 23.5 Å². The number of rotatable bonds is 1. The first kappa shape index (κ1) is 9.77. The molecule has 0 N–H and O–H groups in total. The first-order valence-electron chi connectivity index (χ1n) is 4.63. The van der Waals surface area contributed by atoms with Gasteiger partial charge in [0.1, 0.15) is 4.87 Å². The van der Waals surface area contributed by atoms with Gasteiger partial charge in [-0.15, -0.1) is 11.6 Å². The maximum absolute atomic E-state index is 11.4. The molecule has 0 saturated carbocycles. The van der Waals surface area contributed by atoms with Crippen molar-refractivity contribution < 1.29 is 14.3 Å². The lowest BCUT2D eigenvalue weighted by Gasteiger charge is -2.48.